The highest BCUT2D eigenvalue weighted by Crippen LogP contribution is 2.34. The van der Waals surface area contributed by atoms with Gasteiger partial charge in [-0.05, 0) is 37.1 Å². The van der Waals surface area contributed by atoms with Crippen molar-refractivity contribution < 1.29 is 28.6 Å². The van der Waals surface area contributed by atoms with E-state index < -0.39 is 5.91 Å². The summed E-state index contributed by atoms with van der Waals surface area (Å²) in [5, 5.41) is 13.6. The number of piperidine rings is 1. The Balaban J connectivity index is 1.20. The Morgan fingerprint density at radius 3 is 2.69 bits per heavy atom. The van der Waals surface area contributed by atoms with Crippen LogP contribution in [0.3, 0.4) is 0 Å². The minimum atomic E-state index is -0.486. The van der Waals surface area contributed by atoms with Crippen molar-refractivity contribution in [2.45, 2.75) is 12.8 Å². The molecule has 11 nitrogen and oxygen atoms in total. The van der Waals surface area contributed by atoms with Gasteiger partial charge in [0, 0.05) is 36.6 Å². The number of rotatable bonds is 6. The van der Waals surface area contributed by atoms with Gasteiger partial charge in [0.1, 0.15) is 5.75 Å². The topological polar surface area (TPSA) is 132 Å². The number of hydrogen-bond donors (Lipinski definition) is 2. The highest BCUT2D eigenvalue weighted by Gasteiger charge is 2.31. The average Bonchev–Trinajstić information content (AvgIpc) is 3.58. The van der Waals surface area contributed by atoms with Crippen LogP contribution in [0.4, 0.5) is 11.4 Å². The van der Waals surface area contributed by atoms with Crippen molar-refractivity contribution in [3.8, 4) is 17.2 Å². The van der Waals surface area contributed by atoms with Crippen LogP contribution in [0, 0.1) is 5.92 Å². The largest absolute Gasteiger partial charge is 0.497 e. The smallest absolute Gasteiger partial charge is 0.286 e. The minimum absolute atomic E-state index is 0.0559. The van der Waals surface area contributed by atoms with Crippen molar-refractivity contribution in [3.05, 3.63) is 52.5 Å². The highest BCUT2D eigenvalue weighted by atomic mass is 32.1. The molecule has 0 spiro atoms. The standard InChI is InChI=1S/C24H23N5O6S/c1-33-17-6-2-5-15(10-17)25-20(30)14-4-3-9-29(12-14)24(32)23-28-27-22(36-23)21(31)26-16-7-8-18-19(11-16)35-13-34-18/h2,5-8,10-11,14H,3-4,9,12-13H2,1H3,(H,25,30)(H,26,31)/t14-/m0/s1. The fraction of sp³-hybridized carbons (Fsp3) is 0.292. The molecule has 1 aromatic heterocycles. The fourth-order valence-corrected chi connectivity index (χ4v) is 4.72. The summed E-state index contributed by atoms with van der Waals surface area (Å²) >= 11 is 0.908. The van der Waals surface area contributed by atoms with Crippen molar-refractivity contribution in [3.63, 3.8) is 0 Å². The maximum atomic E-state index is 13.1. The van der Waals surface area contributed by atoms with Gasteiger partial charge in [-0.1, -0.05) is 17.4 Å². The van der Waals surface area contributed by atoms with Crippen molar-refractivity contribution in [2.75, 3.05) is 37.6 Å². The van der Waals surface area contributed by atoms with Gasteiger partial charge < -0.3 is 29.7 Å². The van der Waals surface area contributed by atoms with E-state index in [9.17, 15) is 14.4 Å². The molecule has 3 aromatic rings. The summed E-state index contributed by atoms with van der Waals surface area (Å²) in [5.74, 6) is 0.415. The molecule has 0 saturated carbocycles. The summed E-state index contributed by atoms with van der Waals surface area (Å²) in [5.41, 5.74) is 1.14. The number of aromatic nitrogens is 2. The third-order valence-corrected chi connectivity index (χ3v) is 6.76. The minimum Gasteiger partial charge on any atom is -0.497 e. The molecule has 1 saturated heterocycles. The van der Waals surface area contributed by atoms with Gasteiger partial charge in [0.2, 0.25) is 22.7 Å². The molecule has 2 aliphatic rings. The van der Waals surface area contributed by atoms with E-state index in [0.717, 1.165) is 11.3 Å². The Hall–Kier alpha value is -4.19. The van der Waals surface area contributed by atoms with E-state index in [1.54, 1.807) is 54.5 Å². The second-order valence-corrected chi connectivity index (χ2v) is 9.22. The van der Waals surface area contributed by atoms with Crippen LogP contribution in [0.5, 0.6) is 17.2 Å². The predicted molar refractivity (Wildman–Crippen MR) is 131 cm³/mol. The molecule has 36 heavy (non-hydrogen) atoms. The van der Waals surface area contributed by atoms with Crippen molar-refractivity contribution in [1.82, 2.24) is 15.1 Å². The molecular formula is C24H23N5O6S. The first-order valence-electron chi connectivity index (χ1n) is 11.3. The summed E-state index contributed by atoms with van der Waals surface area (Å²) in [6.45, 7) is 0.891. The summed E-state index contributed by atoms with van der Waals surface area (Å²) in [6, 6.07) is 12.1. The zero-order valence-electron chi connectivity index (χ0n) is 19.4. The molecule has 0 bridgehead atoms. The van der Waals surface area contributed by atoms with Crippen LogP contribution in [-0.2, 0) is 4.79 Å². The van der Waals surface area contributed by atoms with Crippen LogP contribution in [0.2, 0.25) is 0 Å². The summed E-state index contributed by atoms with van der Waals surface area (Å²) in [4.78, 5) is 40.1. The first kappa shape index (κ1) is 23.5. The molecule has 12 heteroatoms. The molecule has 2 aliphatic heterocycles. The summed E-state index contributed by atoms with van der Waals surface area (Å²) < 4.78 is 15.8. The third-order valence-electron chi connectivity index (χ3n) is 5.85. The van der Waals surface area contributed by atoms with E-state index >= 15 is 0 Å². The van der Waals surface area contributed by atoms with Gasteiger partial charge >= 0.3 is 0 Å². The van der Waals surface area contributed by atoms with Crippen LogP contribution in [0.25, 0.3) is 0 Å². The molecule has 2 N–H and O–H groups in total. The van der Waals surface area contributed by atoms with Gasteiger partial charge in [-0.3, -0.25) is 14.4 Å². The lowest BCUT2D eigenvalue weighted by molar-refractivity contribution is -0.121. The zero-order chi connectivity index (χ0) is 25.1. The molecule has 186 valence electrons. The summed E-state index contributed by atoms with van der Waals surface area (Å²) in [6.07, 6.45) is 1.34. The van der Waals surface area contributed by atoms with Crippen LogP contribution in [-0.4, -0.2) is 59.8 Å². The predicted octanol–water partition coefficient (Wildman–Crippen LogP) is 3.02. The average molecular weight is 510 g/mol. The van der Waals surface area contributed by atoms with E-state index in [2.05, 4.69) is 20.8 Å². The van der Waals surface area contributed by atoms with E-state index in [1.807, 2.05) is 0 Å². The molecule has 1 atom stereocenters. The number of carbonyl (C=O) groups excluding carboxylic acids is 3. The zero-order valence-corrected chi connectivity index (χ0v) is 20.2. The van der Waals surface area contributed by atoms with Crippen molar-refractivity contribution in [1.29, 1.82) is 0 Å². The second-order valence-electron chi connectivity index (χ2n) is 8.25. The van der Waals surface area contributed by atoms with Crippen LogP contribution in [0.1, 0.15) is 32.4 Å². The van der Waals surface area contributed by atoms with Crippen LogP contribution >= 0.6 is 11.3 Å². The molecule has 0 radical (unpaired) electrons. The number of amides is 3. The van der Waals surface area contributed by atoms with Gasteiger partial charge in [-0.15, -0.1) is 10.2 Å². The number of benzene rings is 2. The quantitative estimate of drug-likeness (QED) is 0.518. The number of nitrogens with one attached hydrogen (secondary N) is 2. The van der Waals surface area contributed by atoms with E-state index in [1.165, 1.54) is 0 Å². The lowest BCUT2D eigenvalue weighted by Gasteiger charge is -2.31. The number of likely N-dealkylation sites (tertiary alicyclic amines) is 1. The van der Waals surface area contributed by atoms with Gasteiger partial charge in [0.15, 0.2) is 11.5 Å². The molecule has 5 rings (SSSR count). The maximum Gasteiger partial charge on any atom is 0.286 e. The lowest BCUT2D eigenvalue weighted by Crippen LogP contribution is -2.43. The van der Waals surface area contributed by atoms with Gasteiger partial charge in [0.05, 0.1) is 13.0 Å². The fourth-order valence-electron chi connectivity index (χ4n) is 4.02. The first-order valence-corrected chi connectivity index (χ1v) is 12.1. The van der Waals surface area contributed by atoms with E-state index in [0.29, 0.717) is 48.0 Å². The number of fused-ring (bicyclic) bond motifs is 1. The monoisotopic (exact) mass is 509 g/mol. The first-order chi connectivity index (χ1) is 17.5. The summed E-state index contributed by atoms with van der Waals surface area (Å²) in [7, 11) is 1.56. The van der Waals surface area contributed by atoms with Gasteiger partial charge in [-0.2, -0.15) is 0 Å². The number of carbonyl (C=O) groups is 3. The number of nitrogens with zero attached hydrogens (tertiary/aromatic N) is 3. The molecule has 3 amide bonds. The Bertz CT molecular complexity index is 1310. The number of methoxy groups -OCH3 is 1. The third kappa shape index (κ3) is 5.08. The lowest BCUT2D eigenvalue weighted by atomic mass is 9.97. The van der Waals surface area contributed by atoms with Crippen molar-refractivity contribution >= 4 is 40.4 Å². The Kier molecular flexibility index (Phi) is 6.67. The maximum absolute atomic E-state index is 13.1. The molecule has 0 unspecified atom stereocenters. The number of anilines is 2. The van der Waals surface area contributed by atoms with E-state index in [4.69, 9.17) is 14.2 Å². The Labute approximate surface area is 210 Å². The second kappa shape index (κ2) is 10.2. The SMILES string of the molecule is COc1cccc(NC(=O)[C@H]2CCCN(C(=O)c3nnc(C(=O)Nc4ccc5c(c4)OCO5)s3)C2)c1. The van der Waals surface area contributed by atoms with Crippen molar-refractivity contribution in [2.24, 2.45) is 5.92 Å². The molecule has 2 aromatic carbocycles. The van der Waals surface area contributed by atoms with Gasteiger partial charge in [-0.25, -0.2) is 0 Å². The van der Waals surface area contributed by atoms with E-state index in [-0.39, 0.29) is 41.1 Å². The molecule has 0 aliphatic carbocycles. The number of ether oxygens (including phenoxy) is 3. The Morgan fingerprint density at radius 1 is 1.03 bits per heavy atom. The molecule has 1 fully saturated rings. The molecule has 3 heterocycles. The van der Waals surface area contributed by atoms with Gasteiger partial charge in [0.25, 0.3) is 11.8 Å². The van der Waals surface area contributed by atoms with Crippen LogP contribution in [0.15, 0.2) is 42.5 Å². The number of hydrogen-bond acceptors (Lipinski definition) is 9. The normalized spacial score (nSPS) is 16.4. The Morgan fingerprint density at radius 2 is 1.83 bits per heavy atom. The van der Waals surface area contributed by atoms with Crippen LogP contribution < -0.4 is 24.8 Å². The molecular weight excluding hydrogens is 486 g/mol. The highest BCUT2D eigenvalue weighted by molar-refractivity contribution is 7.15.